The molecule has 3 heterocycles. The zero-order chi connectivity index (χ0) is 13.1. The molecule has 0 saturated heterocycles. The molecule has 94 valence electrons. The first-order valence-corrected chi connectivity index (χ1v) is 5.63. The number of anilines is 1. The molecule has 0 spiro atoms. The van der Waals surface area contributed by atoms with E-state index in [2.05, 4.69) is 20.5 Å². The van der Waals surface area contributed by atoms with Gasteiger partial charge in [-0.1, -0.05) is 0 Å². The first-order chi connectivity index (χ1) is 9.33. The first-order valence-electron chi connectivity index (χ1n) is 5.63. The van der Waals surface area contributed by atoms with E-state index in [0.29, 0.717) is 17.1 Å². The van der Waals surface area contributed by atoms with Gasteiger partial charge in [-0.2, -0.15) is 5.10 Å². The van der Waals surface area contributed by atoms with Gasteiger partial charge in [0.1, 0.15) is 5.69 Å². The van der Waals surface area contributed by atoms with Crippen LogP contribution in [0.2, 0.25) is 0 Å². The van der Waals surface area contributed by atoms with Gasteiger partial charge in [0.15, 0.2) is 11.5 Å². The van der Waals surface area contributed by atoms with E-state index in [4.69, 9.17) is 4.42 Å². The molecule has 0 aromatic carbocycles. The number of hydrogen-bond acceptors (Lipinski definition) is 4. The topological polar surface area (TPSA) is 83.8 Å². The van der Waals surface area contributed by atoms with Gasteiger partial charge in [0.25, 0.3) is 5.91 Å². The maximum atomic E-state index is 11.9. The first kappa shape index (κ1) is 11.2. The van der Waals surface area contributed by atoms with Crippen LogP contribution in [0.15, 0.2) is 53.4 Å². The Labute approximate surface area is 108 Å². The van der Waals surface area contributed by atoms with Crippen molar-refractivity contribution in [2.45, 2.75) is 0 Å². The SMILES string of the molecule is O=C(Nc1cccnc1)c1cc(-c2ccco2)[nH]n1. The maximum absolute atomic E-state index is 11.9. The standard InChI is InChI=1S/C13H10N4O2/c18-13(15-9-3-1-5-14-8-9)11-7-10(16-17-11)12-4-2-6-19-12/h1-8H,(H,15,18)(H,16,17). The maximum Gasteiger partial charge on any atom is 0.276 e. The Bertz CT molecular complexity index is 674. The highest BCUT2D eigenvalue weighted by atomic mass is 16.3. The molecule has 3 rings (SSSR count). The predicted molar refractivity (Wildman–Crippen MR) is 68.5 cm³/mol. The van der Waals surface area contributed by atoms with Crippen LogP contribution in [0.25, 0.3) is 11.5 Å². The van der Waals surface area contributed by atoms with Crippen molar-refractivity contribution in [1.29, 1.82) is 0 Å². The summed E-state index contributed by atoms with van der Waals surface area (Å²) in [5.74, 6) is 0.329. The van der Waals surface area contributed by atoms with Gasteiger partial charge in [-0.25, -0.2) is 0 Å². The number of carbonyl (C=O) groups is 1. The lowest BCUT2D eigenvalue weighted by Gasteiger charge is -2.00. The van der Waals surface area contributed by atoms with Crippen LogP contribution in [0.4, 0.5) is 5.69 Å². The Morgan fingerprint density at radius 1 is 1.32 bits per heavy atom. The normalized spacial score (nSPS) is 10.3. The Kier molecular flexibility index (Phi) is 2.82. The number of hydrogen-bond donors (Lipinski definition) is 2. The molecule has 3 aromatic heterocycles. The van der Waals surface area contributed by atoms with Gasteiger partial charge >= 0.3 is 0 Å². The third-order valence-electron chi connectivity index (χ3n) is 2.52. The number of amides is 1. The van der Waals surface area contributed by atoms with Crippen molar-refractivity contribution in [2.24, 2.45) is 0 Å². The molecule has 0 fully saturated rings. The van der Waals surface area contributed by atoms with Crippen LogP contribution < -0.4 is 5.32 Å². The third kappa shape index (κ3) is 2.37. The van der Waals surface area contributed by atoms with E-state index in [1.165, 1.54) is 0 Å². The molecule has 0 aliphatic rings. The fourth-order valence-corrected chi connectivity index (χ4v) is 1.63. The Morgan fingerprint density at radius 3 is 3.00 bits per heavy atom. The second-order valence-corrected chi connectivity index (χ2v) is 3.84. The number of rotatable bonds is 3. The monoisotopic (exact) mass is 254 g/mol. The van der Waals surface area contributed by atoms with Gasteiger partial charge in [0.2, 0.25) is 0 Å². The van der Waals surface area contributed by atoms with E-state index in [-0.39, 0.29) is 11.6 Å². The van der Waals surface area contributed by atoms with Gasteiger partial charge in [-0.05, 0) is 24.3 Å². The van der Waals surface area contributed by atoms with Crippen molar-refractivity contribution in [2.75, 3.05) is 5.32 Å². The van der Waals surface area contributed by atoms with Gasteiger partial charge < -0.3 is 9.73 Å². The summed E-state index contributed by atoms with van der Waals surface area (Å²) in [5.41, 5.74) is 1.56. The number of nitrogens with one attached hydrogen (secondary N) is 2. The molecule has 6 nitrogen and oxygen atoms in total. The number of furan rings is 1. The van der Waals surface area contributed by atoms with Crippen LogP contribution in [0.1, 0.15) is 10.5 Å². The Hall–Kier alpha value is -2.89. The van der Waals surface area contributed by atoms with Crippen LogP contribution in [0.3, 0.4) is 0 Å². The van der Waals surface area contributed by atoms with Crippen LogP contribution >= 0.6 is 0 Å². The molecule has 0 saturated carbocycles. The van der Waals surface area contributed by atoms with E-state index >= 15 is 0 Å². The predicted octanol–water partition coefficient (Wildman–Crippen LogP) is 2.32. The molecule has 1 amide bonds. The van der Waals surface area contributed by atoms with Crippen LogP contribution in [-0.4, -0.2) is 21.1 Å². The fourth-order valence-electron chi connectivity index (χ4n) is 1.63. The molecule has 0 aliphatic heterocycles. The number of aromatic amines is 1. The van der Waals surface area contributed by atoms with Crippen molar-refractivity contribution >= 4 is 11.6 Å². The van der Waals surface area contributed by atoms with E-state index in [9.17, 15) is 4.79 Å². The molecule has 2 N–H and O–H groups in total. The molecular weight excluding hydrogens is 244 g/mol. The molecule has 6 heteroatoms. The molecule has 0 unspecified atom stereocenters. The van der Waals surface area contributed by atoms with Crippen molar-refractivity contribution in [3.63, 3.8) is 0 Å². The summed E-state index contributed by atoms with van der Waals surface area (Å²) in [6.07, 6.45) is 4.77. The Morgan fingerprint density at radius 2 is 2.26 bits per heavy atom. The van der Waals surface area contributed by atoms with Crippen molar-refractivity contribution in [1.82, 2.24) is 15.2 Å². The third-order valence-corrected chi connectivity index (χ3v) is 2.52. The summed E-state index contributed by atoms with van der Waals surface area (Å²) in [7, 11) is 0. The fraction of sp³-hybridized carbons (Fsp3) is 0. The van der Waals surface area contributed by atoms with Crippen LogP contribution in [-0.2, 0) is 0 Å². The molecule has 0 radical (unpaired) electrons. The van der Waals surface area contributed by atoms with E-state index < -0.39 is 0 Å². The molecular formula is C13H10N4O2. The summed E-state index contributed by atoms with van der Waals surface area (Å²) < 4.78 is 5.22. The van der Waals surface area contributed by atoms with Crippen molar-refractivity contribution < 1.29 is 9.21 Å². The number of aromatic nitrogens is 3. The molecule has 0 bridgehead atoms. The lowest BCUT2D eigenvalue weighted by atomic mass is 10.3. The minimum absolute atomic E-state index is 0.287. The smallest absolute Gasteiger partial charge is 0.276 e. The molecule has 3 aromatic rings. The van der Waals surface area contributed by atoms with Crippen molar-refractivity contribution in [3.8, 4) is 11.5 Å². The number of H-pyrrole nitrogens is 1. The summed E-state index contributed by atoms with van der Waals surface area (Å²) >= 11 is 0. The quantitative estimate of drug-likeness (QED) is 0.751. The highest BCUT2D eigenvalue weighted by Crippen LogP contribution is 2.18. The molecule has 0 atom stereocenters. The second-order valence-electron chi connectivity index (χ2n) is 3.84. The number of pyridine rings is 1. The van der Waals surface area contributed by atoms with Gasteiger partial charge in [0, 0.05) is 12.3 Å². The van der Waals surface area contributed by atoms with Crippen molar-refractivity contribution in [3.05, 3.63) is 54.7 Å². The number of nitrogens with zero attached hydrogens (tertiary/aromatic N) is 2. The van der Waals surface area contributed by atoms with E-state index in [0.717, 1.165) is 0 Å². The van der Waals surface area contributed by atoms with Gasteiger partial charge in [-0.3, -0.25) is 14.9 Å². The lowest BCUT2D eigenvalue weighted by Crippen LogP contribution is -2.12. The van der Waals surface area contributed by atoms with E-state index in [1.54, 1.807) is 49.0 Å². The van der Waals surface area contributed by atoms with Gasteiger partial charge in [-0.15, -0.1) is 0 Å². The largest absolute Gasteiger partial charge is 0.463 e. The minimum Gasteiger partial charge on any atom is -0.463 e. The highest BCUT2D eigenvalue weighted by Gasteiger charge is 2.12. The summed E-state index contributed by atoms with van der Waals surface area (Å²) in [6.45, 7) is 0. The minimum atomic E-state index is -0.304. The highest BCUT2D eigenvalue weighted by molar-refractivity contribution is 6.03. The van der Waals surface area contributed by atoms with E-state index in [1.807, 2.05) is 0 Å². The average Bonchev–Trinajstić information content (AvgIpc) is 3.11. The zero-order valence-electron chi connectivity index (χ0n) is 9.83. The average molecular weight is 254 g/mol. The summed E-state index contributed by atoms with van der Waals surface area (Å²) in [4.78, 5) is 15.9. The summed E-state index contributed by atoms with van der Waals surface area (Å²) in [6, 6.07) is 8.69. The Balaban J connectivity index is 1.78. The van der Waals surface area contributed by atoms with Gasteiger partial charge in [0.05, 0.1) is 18.1 Å². The van der Waals surface area contributed by atoms with Crippen LogP contribution in [0, 0.1) is 0 Å². The number of carbonyl (C=O) groups excluding carboxylic acids is 1. The molecule has 0 aliphatic carbocycles. The zero-order valence-corrected chi connectivity index (χ0v) is 9.83. The summed E-state index contributed by atoms with van der Waals surface area (Å²) in [5, 5.41) is 9.41. The molecule has 19 heavy (non-hydrogen) atoms. The van der Waals surface area contributed by atoms with Crippen LogP contribution in [0.5, 0.6) is 0 Å². The lowest BCUT2D eigenvalue weighted by molar-refractivity contribution is 0.102. The second kappa shape index (κ2) is 4.77.